The Kier molecular flexibility index (Phi) is 5.64. The predicted molar refractivity (Wildman–Crippen MR) is 91.2 cm³/mol. The lowest BCUT2D eigenvalue weighted by atomic mass is 10.0. The van der Waals surface area contributed by atoms with Gasteiger partial charge in [-0.05, 0) is 41.3 Å². The number of rotatable bonds is 7. The zero-order valence-electron chi connectivity index (χ0n) is 12.8. The van der Waals surface area contributed by atoms with E-state index in [-0.39, 0.29) is 5.78 Å². The average Bonchev–Trinajstić information content (AvgIpc) is 2.60. The molecule has 0 atom stereocenters. The van der Waals surface area contributed by atoms with E-state index in [0.717, 1.165) is 22.8 Å². The molecule has 116 valence electrons. The van der Waals surface area contributed by atoms with Crippen LogP contribution in [-0.4, -0.2) is 11.8 Å². The van der Waals surface area contributed by atoms with Crippen LogP contribution in [0.25, 0.3) is 11.1 Å². The summed E-state index contributed by atoms with van der Waals surface area (Å²) in [5, 5.41) is 0. The van der Waals surface area contributed by atoms with Gasteiger partial charge in [0, 0.05) is 12.5 Å². The van der Waals surface area contributed by atoms with Crippen molar-refractivity contribution >= 4 is 11.8 Å². The van der Waals surface area contributed by atoms with Crippen LogP contribution in [-0.2, 0) is 16.0 Å². The summed E-state index contributed by atoms with van der Waals surface area (Å²) in [6.07, 6.45) is 3.67. The number of hydrogen-bond donors (Lipinski definition) is 0. The van der Waals surface area contributed by atoms with Crippen LogP contribution >= 0.6 is 0 Å². The van der Waals surface area contributed by atoms with E-state index < -0.39 is 5.97 Å². The summed E-state index contributed by atoms with van der Waals surface area (Å²) in [5.41, 5.74) is 3.20. The van der Waals surface area contributed by atoms with Gasteiger partial charge in [0.1, 0.15) is 5.75 Å². The quantitative estimate of drug-likeness (QED) is 0.439. The van der Waals surface area contributed by atoms with E-state index in [1.54, 1.807) is 12.1 Å². The first-order chi connectivity index (χ1) is 11.1. The lowest BCUT2D eigenvalue weighted by Crippen LogP contribution is -2.02. The highest BCUT2D eigenvalue weighted by Crippen LogP contribution is 2.23. The van der Waals surface area contributed by atoms with E-state index in [2.05, 4.69) is 13.2 Å². The number of carbonyl (C=O) groups is 2. The number of ketones is 1. The second-order valence-electron chi connectivity index (χ2n) is 5.02. The largest absolute Gasteiger partial charge is 0.423 e. The molecule has 0 fully saturated rings. The topological polar surface area (TPSA) is 43.4 Å². The molecule has 23 heavy (non-hydrogen) atoms. The molecular weight excluding hydrogens is 288 g/mol. The van der Waals surface area contributed by atoms with Gasteiger partial charge in [0.05, 0.1) is 0 Å². The van der Waals surface area contributed by atoms with E-state index >= 15 is 0 Å². The third kappa shape index (κ3) is 4.78. The van der Waals surface area contributed by atoms with Crippen molar-refractivity contribution in [3.8, 4) is 16.9 Å². The molecule has 0 aliphatic carbocycles. The summed E-state index contributed by atoms with van der Waals surface area (Å²) in [7, 11) is 0. The van der Waals surface area contributed by atoms with Crippen molar-refractivity contribution in [2.24, 2.45) is 0 Å². The van der Waals surface area contributed by atoms with Gasteiger partial charge in [0.2, 0.25) is 0 Å². The van der Waals surface area contributed by atoms with Gasteiger partial charge in [0.25, 0.3) is 0 Å². The Morgan fingerprint density at radius 1 is 0.870 bits per heavy atom. The van der Waals surface area contributed by atoms with Crippen molar-refractivity contribution in [2.45, 2.75) is 12.8 Å². The van der Waals surface area contributed by atoms with Crippen LogP contribution in [0.3, 0.4) is 0 Å². The highest BCUT2D eigenvalue weighted by molar-refractivity contribution is 5.89. The summed E-state index contributed by atoms with van der Waals surface area (Å²) >= 11 is 0. The third-order valence-electron chi connectivity index (χ3n) is 3.41. The maximum Gasteiger partial charge on any atom is 0.335 e. The number of ether oxygens (including phenoxy) is 1. The molecule has 3 nitrogen and oxygen atoms in total. The van der Waals surface area contributed by atoms with Gasteiger partial charge in [-0.2, -0.15) is 0 Å². The van der Waals surface area contributed by atoms with E-state index in [4.69, 9.17) is 4.74 Å². The Hall–Kier alpha value is -2.94. The molecule has 0 saturated heterocycles. The smallest absolute Gasteiger partial charge is 0.335 e. The van der Waals surface area contributed by atoms with E-state index in [1.807, 2.05) is 36.4 Å². The highest BCUT2D eigenvalue weighted by Gasteiger charge is 2.03. The Bertz CT molecular complexity index is 710. The van der Waals surface area contributed by atoms with Gasteiger partial charge < -0.3 is 4.74 Å². The molecule has 3 heteroatoms. The standard InChI is InChI=1S/C20H18O3/c1-3-18(21)12-7-15-5-8-16(9-6-15)17-10-13-19(14-11-17)23-20(22)4-2/h3-6,8-11,13-14H,1-2,7,12H2. The zero-order valence-corrected chi connectivity index (χ0v) is 12.8. The fourth-order valence-electron chi connectivity index (χ4n) is 2.11. The van der Waals surface area contributed by atoms with E-state index in [9.17, 15) is 9.59 Å². The van der Waals surface area contributed by atoms with Crippen molar-refractivity contribution in [3.05, 3.63) is 79.4 Å². The number of aryl methyl sites for hydroxylation is 1. The third-order valence-corrected chi connectivity index (χ3v) is 3.41. The molecule has 0 unspecified atom stereocenters. The van der Waals surface area contributed by atoms with Crippen LogP contribution < -0.4 is 4.74 Å². The molecule has 0 bridgehead atoms. The summed E-state index contributed by atoms with van der Waals surface area (Å²) in [4.78, 5) is 22.4. The van der Waals surface area contributed by atoms with Crippen LogP contribution in [0.2, 0.25) is 0 Å². The lowest BCUT2D eigenvalue weighted by molar-refractivity contribution is -0.129. The minimum atomic E-state index is -0.476. The van der Waals surface area contributed by atoms with Crippen molar-refractivity contribution < 1.29 is 14.3 Å². The van der Waals surface area contributed by atoms with E-state index in [0.29, 0.717) is 18.6 Å². The molecule has 0 aliphatic rings. The van der Waals surface area contributed by atoms with Crippen molar-refractivity contribution in [3.63, 3.8) is 0 Å². The molecule has 0 spiro atoms. The number of benzene rings is 2. The fourth-order valence-corrected chi connectivity index (χ4v) is 2.11. The highest BCUT2D eigenvalue weighted by atomic mass is 16.5. The molecule has 2 aromatic carbocycles. The SMILES string of the molecule is C=CC(=O)CCc1ccc(-c2ccc(OC(=O)C=C)cc2)cc1. The molecule has 2 rings (SSSR count). The molecule has 0 N–H and O–H groups in total. The van der Waals surface area contributed by atoms with Crippen LogP contribution in [0.4, 0.5) is 0 Å². The van der Waals surface area contributed by atoms with Crippen molar-refractivity contribution in [2.75, 3.05) is 0 Å². The van der Waals surface area contributed by atoms with Gasteiger partial charge >= 0.3 is 5.97 Å². The Morgan fingerprint density at radius 3 is 1.96 bits per heavy atom. The number of allylic oxidation sites excluding steroid dienone is 1. The van der Waals surface area contributed by atoms with E-state index in [1.165, 1.54) is 6.08 Å². The van der Waals surface area contributed by atoms with Crippen LogP contribution in [0, 0.1) is 0 Å². The normalized spacial score (nSPS) is 9.91. The summed E-state index contributed by atoms with van der Waals surface area (Å²) in [6, 6.07) is 15.3. The Morgan fingerprint density at radius 2 is 1.43 bits per heavy atom. The number of esters is 1. The van der Waals surface area contributed by atoms with Crippen LogP contribution in [0.1, 0.15) is 12.0 Å². The molecule has 0 amide bonds. The summed E-state index contributed by atoms with van der Waals surface area (Å²) in [6.45, 7) is 6.83. The fraction of sp³-hybridized carbons (Fsp3) is 0.100. The van der Waals surface area contributed by atoms with Crippen LogP contribution in [0.15, 0.2) is 73.8 Å². The lowest BCUT2D eigenvalue weighted by Gasteiger charge is -2.06. The summed E-state index contributed by atoms with van der Waals surface area (Å²) < 4.78 is 5.04. The zero-order chi connectivity index (χ0) is 16.7. The van der Waals surface area contributed by atoms with Gasteiger partial charge in [0.15, 0.2) is 5.78 Å². The molecule has 0 heterocycles. The maximum atomic E-state index is 11.2. The first-order valence-electron chi connectivity index (χ1n) is 7.31. The number of carbonyl (C=O) groups excluding carboxylic acids is 2. The molecular formula is C20H18O3. The second kappa shape index (κ2) is 7.90. The van der Waals surface area contributed by atoms with Crippen molar-refractivity contribution in [1.82, 2.24) is 0 Å². The average molecular weight is 306 g/mol. The number of hydrogen-bond acceptors (Lipinski definition) is 3. The minimum absolute atomic E-state index is 0.0544. The second-order valence-corrected chi connectivity index (χ2v) is 5.02. The van der Waals surface area contributed by atoms with Gasteiger partial charge in [-0.15, -0.1) is 0 Å². The monoisotopic (exact) mass is 306 g/mol. The first kappa shape index (κ1) is 16.4. The van der Waals surface area contributed by atoms with Gasteiger partial charge in [-0.25, -0.2) is 4.79 Å². The van der Waals surface area contributed by atoms with Gasteiger partial charge in [-0.3, -0.25) is 4.79 Å². The van der Waals surface area contributed by atoms with Gasteiger partial charge in [-0.1, -0.05) is 49.6 Å². The molecule has 2 aromatic rings. The molecule has 0 aromatic heterocycles. The molecule has 0 aliphatic heterocycles. The predicted octanol–water partition coefficient (Wildman–Crippen LogP) is 4.13. The Balaban J connectivity index is 2.04. The first-order valence-corrected chi connectivity index (χ1v) is 7.31. The molecule has 0 saturated carbocycles. The summed E-state index contributed by atoms with van der Waals surface area (Å²) in [5.74, 6) is 0.0631. The Labute approximate surface area is 135 Å². The maximum absolute atomic E-state index is 11.2. The van der Waals surface area contributed by atoms with Crippen LogP contribution in [0.5, 0.6) is 5.75 Å². The van der Waals surface area contributed by atoms with Crippen molar-refractivity contribution in [1.29, 1.82) is 0 Å². The molecule has 0 radical (unpaired) electrons. The minimum Gasteiger partial charge on any atom is -0.423 e.